The molecule has 146 valence electrons. The van der Waals surface area contributed by atoms with Crippen molar-refractivity contribution in [1.29, 1.82) is 0 Å². The average Bonchev–Trinajstić information content (AvgIpc) is 2.59. The zero-order chi connectivity index (χ0) is 20.0. The summed E-state index contributed by atoms with van der Waals surface area (Å²) in [6, 6.07) is 13.8. The molecular formula is C20H25ClN2O3S. The van der Waals surface area contributed by atoms with Gasteiger partial charge in [-0.1, -0.05) is 43.1 Å². The van der Waals surface area contributed by atoms with Crippen LogP contribution >= 0.6 is 11.6 Å². The maximum Gasteiger partial charge on any atom is 0.251 e. The summed E-state index contributed by atoms with van der Waals surface area (Å²) in [6.45, 7) is 4.21. The number of amides is 1. The molecule has 0 radical (unpaired) electrons. The van der Waals surface area contributed by atoms with Crippen molar-refractivity contribution < 1.29 is 13.2 Å². The summed E-state index contributed by atoms with van der Waals surface area (Å²) in [6.07, 6.45) is 3.09. The first kappa shape index (κ1) is 21.3. The summed E-state index contributed by atoms with van der Waals surface area (Å²) in [5, 5.41) is 3.42. The number of nitrogens with one attached hydrogen (secondary N) is 1. The topological polar surface area (TPSA) is 66.5 Å². The predicted molar refractivity (Wildman–Crippen MR) is 111 cm³/mol. The van der Waals surface area contributed by atoms with E-state index in [4.69, 9.17) is 11.6 Å². The van der Waals surface area contributed by atoms with Gasteiger partial charge in [-0.05, 0) is 49.2 Å². The molecule has 1 N–H and O–H groups in total. The van der Waals surface area contributed by atoms with Crippen molar-refractivity contribution in [1.82, 2.24) is 5.32 Å². The molecule has 0 aliphatic rings. The summed E-state index contributed by atoms with van der Waals surface area (Å²) >= 11 is 6.00. The Morgan fingerprint density at radius 1 is 1.19 bits per heavy atom. The minimum atomic E-state index is -3.49. The van der Waals surface area contributed by atoms with Crippen molar-refractivity contribution >= 4 is 33.2 Å². The maximum atomic E-state index is 12.2. The monoisotopic (exact) mass is 408 g/mol. The molecule has 5 nitrogen and oxygen atoms in total. The highest BCUT2D eigenvalue weighted by Crippen LogP contribution is 2.24. The lowest BCUT2D eigenvalue weighted by Gasteiger charge is -2.23. The zero-order valence-electron chi connectivity index (χ0n) is 15.8. The highest BCUT2D eigenvalue weighted by molar-refractivity contribution is 7.92. The van der Waals surface area contributed by atoms with Crippen molar-refractivity contribution in [2.24, 2.45) is 0 Å². The molecule has 2 rings (SSSR count). The molecule has 2 aromatic rings. The molecule has 1 amide bonds. The molecule has 0 aromatic heterocycles. The summed E-state index contributed by atoms with van der Waals surface area (Å²) in [5.41, 5.74) is 1.83. The molecule has 2 aromatic carbocycles. The molecule has 1 atom stereocenters. The van der Waals surface area contributed by atoms with Crippen LogP contribution in [0, 0.1) is 0 Å². The minimum absolute atomic E-state index is 0.116. The molecule has 0 aliphatic carbocycles. The van der Waals surface area contributed by atoms with Gasteiger partial charge in [-0.25, -0.2) is 8.42 Å². The van der Waals surface area contributed by atoms with E-state index in [2.05, 4.69) is 12.2 Å². The van der Waals surface area contributed by atoms with Crippen LogP contribution < -0.4 is 9.62 Å². The van der Waals surface area contributed by atoms with E-state index in [0.29, 0.717) is 16.3 Å². The number of hydrogen-bond acceptors (Lipinski definition) is 3. The van der Waals surface area contributed by atoms with Gasteiger partial charge in [0, 0.05) is 16.6 Å². The molecule has 0 saturated carbocycles. The fourth-order valence-corrected chi connectivity index (χ4v) is 3.84. The highest BCUT2D eigenvalue weighted by Gasteiger charge is 2.18. The van der Waals surface area contributed by atoms with Gasteiger partial charge in [-0.3, -0.25) is 9.10 Å². The molecule has 27 heavy (non-hydrogen) atoms. The van der Waals surface area contributed by atoms with E-state index in [1.54, 1.807) is 48.5 Å². The van der Waals surface area contributed by atoms with Crippen LogP contribution in [0.3, 0.4) is 0 Å². The van der Waals surface area contributed by atoms with Gasteiger partial charge in [0.2, 0.25) is 10.0 Å². The Morgan fingerprint density at radius 3 is 2.41 bits per heavy atom. The lowest BCUT2D eigenvalue weighted by molar-refractivity contribution is 0.0938. The smallest absolute Gasteiger partial charge is 0.251 e. The van der Waals surface area contributed by atoms with E-state index >= 15 is 0 Å². The normalized spacial score (nSPS) is 12.4. The van der Waals surface area contributed by atoms with Crippen molar-refractivity contribution in [3.63, 3.8) is 0 Å². The lowest BCUT2D eigenvalue weighted by Crippen LogP contribution is -2.32. The van der Waals surface area contributed by atoms with Gasteiger partial charge in [-0.15, -0.1) is 0 Å². The third-order valence-electron chi connectivity index (χ3n) is 4.14. The number of sulfonamides is 1. The first-order chi connectivity index (χ1) is 12.7. The second kappa shape index (κ2) is 9.24. The fraction of sp³-hybridized carbons (Fsp3) is 0.350. The van der Waals surface area contributed by atoms with Gasteiger partial charge < -0.3 is 5.32 Å². The first-order valence-electron chi connectivity index (χ1n) is 8.83. The van der Waals surface area contributed by atoms with Gasteiger partial charge in [0.05, 0.1) is 18.5 Å². The van der Waals surface area contributed by atoms with Gasteiger partial charge in [0.25, 0.3) is 5.91 Å². The summed E-state index contributed by atoms with van der Waals surface area (Å²) in [7, 11) is -3.49. The zero-order valence-corrected chi connectivity index (χ0v) is 17.3. The third-order valence-corrected chi connectivity index (χ3v) is 5.51. The second-order valence-electron chi connectivity index (χ2n) is 6.61. The molecule has 7 heteroatoms. The average molecular weight is 409 g/mol. The van der Waals surface area contributed by atoms with Crippen LogP contribution in [0.25, 0.3) is 0 Å². The second-order valence-corrected chi connectivity index (χ2v) is 8.95. The minimum Gasteiger partial charge on any atom is -0.350 e. The standard InChI is InChI=1S/C20H25ClN2O3S/c1-4-6-15(2)22-20(24)17-11-9-16(10-12-17)14-23(27(3,25)26)19-8-5-7-18(21)13-19/h5,7-13,15H,4,6,14H2,1-3H3,(H,22,24)/t15-/m1/s1. The van der Waals surface area contributed by atoms with Crippen LogP contribution in [0.5, 0.6) is 0 Å². The molecule has 0 spiro atoms. The molecule has 0 saturated heterocycles. The molecule has 0 heterocycles. The van der Waals surface area contributed by atoms with E-state index in [1.807, 2.05) is 6.92 Å². The van der Waals surface area contributed by atoms with E-state index in [-0.39, 0.29) is 18.5 Å². The third kappa shape index (κ3) is 6.26. The Hall–Kier alpha value is -2.05. The molecule has 0 aliphatic heterocycles. The molecule has 0 unspecified atom stereocenters. The van der Waals surface area contributed by atoms with E-state index in [1.165, 1.54) is 4.31 Å². The van der Waals surface area contributed by atoms with Gasteiger partial charge >= 0.3 is 0 Å². The molecule has 0 bridgehead atoms. The van der Waals surface area contributed by atoms with Crippen molar-refractivity contribution in [3.8, 4) is 0 Å². The quantitative estimate of drug-likeness (QED) is 0.710. The number of anilines is 1. The Balaban J connectivity index is 2.16. The molecular weight excluding hydrogens is 384 g/mol. The number of carbonyl (C=O) groups excluding carboxylic acids is 1. The predicted octanol–water partition coefficient (Wildman–Crippen LogP) is 4.22. The summed E-state index contributed by atoms with van der Waals surface area (Å²) < 4.78 is 25.7. The summed E-state index contributed by atoms with van der Waals surface area (Å²) in [5.74, 6) is -0.127. The largest absolute Gasteiger partial charge is 0.350 e. The summed E-state index contributed by atoms with van der Waals surface area (Å²) in [4.78, 5) is 12.2. The van der Waals surface area contributed by atoms with Crippen LogP contribution in [0.1, 0.15) is 42.6 Å². The molecule has 0 fully saturated rings. The Morgan fingerprint density at radius 2 is 1.85 bits per heavy atom. The lowest BCUT2D eigenvalue weighted by atomic mass is 10.1. The Bertz CT molecular complexity index is 882. The van der Waals surface area contributed by atoms with E-state index < -0.39 is 10.0 Å². The van der Waals surface area contributed by atoms with Crippen molar-refractivity contribution in [3.05, 3.63) is 64.7 Å². The number of rotatable bonds is 8. The van der Waals surface area contributed by atoms with Gasteiger partial charge in [0.15, 0.2) is 0 Å². The van der Waals surface area contributed by atoms with E-state index in [9.17, 15) is 13.2 Å². The number of halogens is 1. The van der Waals surface area contributed by atoms with Crippen LogP contribution in [-0.4, -0.2) is 26.6 Å². The Labute approximate surface area is 166 Å². The number of hydrogen-bond donors (Lipinski definition) is 1. The number of nitrogens with zero attached hydrogens (tertiary/aromatic N) is 1. The van der Waals surface area contributed by atoms with Crippen LogP contribution in [0.4, 0.5) is 5.69 Å². The SMILES string of the molecule is CCC[C@@H](C)NC(=O)c1ccc(CN(c2cccc(Cl)c2)S(C)(=O)=O)cc1. The number of benzene rings is 2. The number of carbonyl (C=O) groups is 1. The maximum absolute atomic E-state index is 12.2. The van der Waals surface area contributed by atoms with Crippen LogP contribution in [-0.2, 0) is 16.6 Å². The fourth-order valence-electron chi connectivity index (χ4n) is 2.77. The van der Waals surface area contributed by atoms with Crippen LogP contribution in [0.2, 0.25) is 5.02 Å². The first-order valence-corrected chi connectivity index (χ1v) is 11.1. The van der Waals surface area contributed by atoms with E-state index in [0.717, 1.165) is 24.7 Å². The van der Waals surface area contributed by atoms with Crippen molar-refractivity contribution in [2.75, 3.05) is 10.6 Å². The Kier molecular flexibility index (Phi) is 7.27. The van der Waals surface area contributed by atoms with Crippen molar-refractivity contribution in [2.45, 2.75) is 39.3 Å². The van der Waals surface area contributed by atoms with Gasteiger partial charge in [0.1, 0.15) is 0 Å². The van der Waals surface area contributed by atoms with Gasteiger partial charge in [-0.2, -0.15) is 0 Å². The van der Waals surface area contributed by atoms with Crippen LogP contribution in [0.15, 0.2) is 48.5 Å². The highest BCUT2D eigenvalue weighted by atomic mass is 35.5.